The molecule has 0 saturated heterocycles. The van der Waals surface area contributed by atoms with Crippen LogP contribution in [0.25, 0.3) is 12.2 Å². The molecule has 5 heteroatoms. The third-order valence-corrected chi connectivity index (χ3v) is 4.99. The second-order valence-electron chi connectivity index (χ2n) is 4.55. The van der Waals surface area contributed by atoms with Gasteiger partial charge in [-0.2, -0.15) is 0 Å². The first-order chi connectivity index (χ1) is 11.1. The van der Waals surface area contributed by atoms with Crippen molar-refractivity contribution in [3.63, 3.8) is 0 Å². The van der Waals surface area contributed by atoms with Crippen molar-refractivity contribution in [1.82, 2.24) is 0 Å². The summed E-state index contributed by atoms with van der Waals surface area (Å²) in [6.45, 7) is 0. The Morgan fingerprint density at radius 2 is 1.04 bits per heavy atom. The molecule has 0 amide bonds. The van der Waals surface area contributed by atoms with Crippen LogP contribution in [0.5, 0.6) is 0 Å². The van der Waals surface area contributed by atoms with E-state index >= 15 is 0 Å². The second-order valence-corrected chi connectivity index (χ2v) is 6.82. The summed E-state index contributed by atoms with van der Waals surface area (Å²) in [6, 6.07) is 18.0. The van der Waals surface area contributed by atoms with Gasteiger partial charge in [0.05, 0.1) is 0 Å². The Morgan fingerprint density at radius 1 is 0.696 bits per heavy atom. The van der Waals surface area contributed by atoms with Crippen LogP contribution in [0, 0.1) is 0 Å². The number of hydrogen-bond donors (Lipinski definition) is 2. The van der Waals surface area contributed by atoms with E-state index in [2.05, 4.69) is 0 Å². The fourth-order valence-electron chi connectivity index (χ4n) is 1.79. The molecule has 0 bridgehead atoms. The molecule has 0 aliphatic heterocycles. The first kappa shape index (κ1) is 16.7. The Kier molecular flexibility index (Phi) is 5.92. The minimum absolute atomic E-state index is 0.0910. The molecule has 0 aromatic heterocycles. The molecule has 0 atom stereocenters. The van der Waals surface area contributed by atoms with Crippen LogP contribution < -0.4 is 0 Å². The van der Waals surface area contributed by atoms with E-state index in [1.165, 1.54) is 12.2 Å². The monoisotopic (exact) mass is 374 g/mol. The van der Waals surface area contributed by atoms with Crippen molar-refractivity contribution in [2.24, 2.45) is 0 Å². The molecular weight excluding hydrogens is 359 g/mol. The van der Waals surface area contributed by atoms with Crippen LogP contribution in [0.2, 0.25) is 0 Å². The molecule has 0 fully saturated rings. The average molecular weight is 373 g/mol. The molecule has 2 aromatic rings. The number of hydrogen-bond acceptors (Lipinski definition) is 2. The molecule has 4 nitrogen and oxygen atoms in total. The van der Waals surface area contributed by atoms with Gasteiger partial charge in [0.15, 0.2) is 0 Å². The molecule has 0 aliphatic rings. The summed E-state index contributed by atoms with van der Waals surface area (Å²) in [7, 11) is 0. The van der Waals surface area contributed by atoms with Crippen LogP contribution in [0.1, 0.15) is 11.1 Å². The maximum atomic E-state index is 11.4. The van der Waals surface area contributed by atoms with Gasteiger partial charge >= 0.3 is 140 Å². The molecule has 0 radical (unpaired) electrons. The van der Waals surface area contributed by atoms with E-state index in [1.54, 1.807) is 48.5 Å². The van der Waals surface area contributed by atoms with E-state index in [1.807, 2.05) is 12.1 Å². The van der Waals surface area contributed by atoms with Crippen LogP contribution in [-0.2, 0) is 9.59 Å². The third-order valence-electron chi connectivity index (χ3n) is 2.84. The second kappa shape index (κ2) is 8.13. The molecule has 23 heavy (non-hydrogen) atoms. The number of carboxylic acids is 2. The molecule has 0 heterocycles. The molecule has 2 N–H and O–H groups in total. The van der Waals surface area contributed by atoms with Gasteiger partial charge in [0.1, 0.15) is 0 Å². The molecular formula is C18H14O4Se. The van der Waals surface area contributed by atoms with Gasteiger partial charge in [0, 0.05) is 0 Å². The van der Waals surface area contributed by atoms with Crippen LogP contribution in [0.4, 0.5) is 0 Å². The molecule has 0 spiro atoms. The van der Waals surface area contributed by atoms with Crippen LogP contribution in [0.15, 0.2) is 69.6 Å². The van der Waals surface area contributed by atoms with E-state index in [-0.39, 0.29) is 8.94 Å². The number of benzene rings is 2. The zero-order valence-electron chi connectivity index (χ0n) is 12.0. The Labute approximate surface area is 139 Å². The first-order valence-corrected chi connectivity index (χ1v) is 8.45. The van der Waals surface area contributed by atoms with E-state index in [0.717, 1.165) is 11.1 Å². The van der Waals surface area contributed by atoms with Crippen molar-refractivity contribution in [1.29, 1.82) is 0 Å². The van der Waals surface area contributed by atoms with Gasteiger partial charge in [-0.05, 0) is 0 Å². The number of rotatable bonds is 6. The quantitative estimate of drug-likeness (QED) is 0.603. The standard InChI is InChI=1S/C18H14O4Se/c19-17(20)15(11-13-7-3-1-4-8-13)23-16(18(21)22)12-14-9-5-2-6-10-14/h1-12H,(H,19,20)(H,21,22)/b15-11+,16-12+. The average Bonchev–Trinajstić information content (AvgIpc) is 2.55. The number of carboxylic acid groups (broad SMARTS) is 2. The number of carbonyl (C=O) groups is 2. The summed E-state index contributed by atoms with van der Waals surface area (Å²) in [5, 5.41) is 18.7. The fraction of sp³-hybridized carbons (Fsp3) is 0. The normalized spacial score (nSPS) is 12.0. The fourth-order valence-corrected chi connectivity index (χ4v) is 3.47. The summed E-state index contributed by atoms with van der Waals surface area (Å²) < 4.78 is 0.182. The van der Waals surface area contributed by atoms with Gasteiger partial charge < -0.3 is 0 Å². The van der Waals surface area contributed by atoms with Gasteiger partial charge in [-0.25, -0.2) is 0 Å². The first-order valence-electron chi connectivity index (χ1n) is 6.74. The van der Waals surface area contributed by atoms with Gasteiger partial charge in [0.25, 0.3) is 0 Å². The van der Waals surface area contributed by atoms with E-state index < -0.39 is 26.9 Å². The van der Waals surface area contributed by atoms with Crippen molar-refractivity contribution in [2.45, 2.75) is 0 Å². The Morgan fingerprint density at radius 3 is 1.35 bits per heavy atom. The molecule has 2 rings (SSSR count). The van der Waals surface area contributed by atoms with E-state index in [4.69, 9.17) is 0 Å². The van der Waals surface area contributed by atoms with Crippen molar-refractivity contribution < 1.29 is 19.8 Å². The van der Waals surface area contributed by atoms with Gasteiger partial charge in [-0.3, -0.25) is 0 Å². The Balaban J connectivity index is 2.33. The van der Waals surface area contributed by atoms with Gasteiger partial charge in [0.2, 0.25) is 0 Å². The van der Waals surface area contributed by atoms with Crippen LogP contribution in [-0.4, -0.2) is 37.1 Å². The molecule has 2 aromatic carbocycles. The maximum absolute atomic E-state index is 11.4. The SMILES string of the molecule is O=C(O)/C(=C\c1ccccc1)[Se]/C(=C/c1ccccc1)C(=O)O. The molecule has 0 unspecified atom stereocenters. The summed E-state index contributed by atoms with van der Waals surface area (Å²) in [4.78, 5) is 22.9. The topological polar surface area (TPSA) is 74.6 Å². The van der Waals surface area contributed by atoms with Crippen LogP contribution >= 0.6 is 0 Å². The zero-order chi connectivity index (χ0) is 16.7. The summed E-state index contributed by atoms with van der Waals surface area (Å²) >= 11 is -0.816. The third kappa shape index (κ3) is 5.25. The molecule has 116 valence electrons. The van der Waals surface area contributed by atoms with Crippen molar-refractivity contribution in [3.8, 4) is 0 Å². The van der Waals surface area contributed by atoms with Crippen molar-refractivity contribution in [3.05, 3.63) is 80.7 Å². The summed E-state index contributed by atoms with van der Waals surface area (Å²) in [5.41, 5.74) is 1.47. The summed E-state index contributed by atoms with van der Waals surface area (Å²) in [5.74, 6) is -2.21. The summed E-state index contributed by atoms with van der Waals surface area (Å²) in [6.07, 6.45) is 3.04. The van der Waals surface area contributed by atoms with E-state index in [9.17, 15) is 19.8 Å². The number of aliphatic carboxylic acids is 2. The minimum atomic E-state index is -1.10. The van der Waals surface area contributed by atoms with E-state index in [0.29, 0.717) is 0 Å². The van der Waals surface area contributed by atoms with Gasteiger partial charge in [-0.1, -0.05) is 0 Å². The predicted octanol–water partition coefficient (Wildman–Crippen LogP) is 2.94. The van der Waals surface area contributed by atoms with Crippen molar-refractivity contribution >= 4 is 39.0 Å². The molecule has 0 aliphatic carbocycles. The van der Waals surface area contributed by atoms with Gasteiger partial charge in [-0.15, -0.1) is 0 Å². The Hall–Kier alpha value is -2.62. The zero-order valence-corrected chi connectivity index (χ0v) is 13.8. The van der Waals surface area contributed by atoms with Crippen molar-refractivity contribution in [2.75, 3.05) is 0 Å². The predicted molar refractivity (Wildman–Crippen MR) is 89.9 cm³/mol. The van der Waals surface area contributed by atoms with Crippen LogP contribution in [0.3, 0.4) is 0 Å². The Bertz CT molecular complexity index is 684. The molecule has 0 saturated carbocycles.